The van der Waals surface area contributed by atoms with Crippen LogP contribution in [0.25, 0.3) is 11.4 Å². The van der Waals surface area contributed by atoms with Gasteiger partial charge in [0.15, 0.2) is 6.10 Å². The third kappa shape index (κ3) is 3.17. The van der Waals surface area contributed by atoms with E-state index >= 15 is 0 Å². The average molecular weight is 262 g/mol. The molecular formula is C13H14N2O4. The molecule has 1 aromatic heterocycles. The highest BCUT2D eigenvalue weighted by Gasteiger charge is 2.15. The molecular weight excluding hydrogens is 248 g/mol. The first-order chi connectivity index (χ1) is 9.08. The van der Waals surface area contributed by atoms with Crippen LogP contribution in [-0.2, 0) is 16.1 Å². The largest absolute Gasteiger partial charge is 0.479 e. The van der Waals surface area contributed by atoms with Crippen LogP contribution in [0, 0.1) is 6.92 Å². The molecule has 2 aromatic rings. The van der Waals surface area contributed by atoms with E-state index in [4.69, 9.17) is 14.4 Å². The maximum atomic E-state index is 10.6. The standard InChI is InChI=1S/C13H14N2O4/c1-8-5-3-4-6-10(8)12-14-11(19-15-12)7-18-9(2)13(16)17/h3-6,9H,7H2,1-2H3,(H,16,17). The number of rotatable bonds is 5. The number of ether oxygens (including phenoxy) is 1. The summed E-state index contributed by atoms with van der Waals surface area (Å²) in [5, 5.41) is 12.5. The number of aromatic nitrogens is 2. The number of nitrogens with zero attached hydrogens (tertiary/aromatic N) is 2. The number of carboxylic acids is 1. The van der Waals surface area contributed by atoms with E-state index in [0.29, 0.717) is 5.82 Å². The van der Waals surface area contributed by atoms with Crippen molar-refractivity contribution in [3.05, 3.63) is 35.7 Å². The smallest absolute Gasteiger partial charge is 0.332 e. The molecule has 1 aromatic carbocycles. The van der Waals surface area contributed by atoms with Gasteiger partial charge in [-0.15, -0.1) is 0 Å². The van der Waals surface area contributed by atoms with E-state index in [9.17, 15) is 4.79 Å². The minimum absolute atomic E-state index is 0.0215. The Labute approximate surface area is 110 Å². The SMILES string of the molecule is Cc1ccccc1-c1noc(COC(C)C(=O)O)n1. The lowest BCUT2D eigenvalue weighted by molar-refractivity contribution is -0.150. The number of benzene rings is 1. The van der Waals surface area contributed by atoms with E-state index in [2.05, 4.69) is 10.1 Å². The van der Waals surface area contributed by atoms with Crippen molar-refractivity contribution in [2.24, 2.45) is 0 Å². The lowest BCUT2D eigenvalue weighted by Crippen LogP contribution is -2.19. The molecule has 0 bridgehead atoms. The number of aliphatic carboxylic acids is 1. The quantitative estimate of drug-likeness (QED) is 0.887. The van der Waals surface area contributed by atoms with E-state index in [1.54, 1.807) is 0 Å². The molecule has 0 radical (unpaired) electrons. The Balaban J connectivity index is 2.08. The highest BCUT2D eigenvalue weighted by atomic mass is 16.5. The Morgan fingerprint density at radius 2 is 2.21 bits per heavy atom. The summed E-state index contributed by atoms with van der Waals surface area (Å²) in [4.78, 5) is 14.8. The van der Waals surface area contributed by atoms with E-state index in [1.165, 1.54) is 6.92 Å². The van der Waals surface area contributed by atoms with Crippen LogP contribution >= 0.6 is 0 Å². The molecule has 0 aliphatic rings. The molecule has 0 aliphatic heterocycles. The zero-order chi connectivity index (χ0) is 13.8. The van der Waals surface area contributed by atoms with E-state index in [1.807, 2.05) is 31.2 Å². The van der Waals surface area contributed by atoms with Crippen LogP contribution in [0.5, 0.6) is 0 Å². The van der Waals surface area contributed by atoms with Gasteiger partial charge in [0, 0.05) is 5.56 Å². The molecule has 0 aliphatic carbocycles. The summed E-state index contributed by atoms with van der Waals surface area (Å²) in [5.41, 5.74) is 1.92. The molecule has 0 amide bonds. The monoisotopic (exact) mass is 262 g/mol. The molecule has 1 atom stereocenters. The zero-order valence-corrected chi connectivity index (χ0v) is 10.7. The summed E-state index contributed by atoms with van der Waals surface area (Å²) < 4.78 is 10.1. The van der Waals surface area contributed by atoms with Crippen LogP contribution in [0.1, 0.15) is 18.4 Å². The molecule has 0 fully saturated rings. The van der Waals surface area contributed by atoms with E-state index in [0.717, 1.165) is 11.1 Å². The maximum Gasteiger partial charge on any atom is 0.332 e. The Bertz CT molecular complexity index is 580. The van der Waals surface area contributed by atoms with E-state index in [-0.39, 0.29) is 12.5 Å². The summed E-state index contributed by atoms with van der Waals surface area (Å²) in [5.74, 6) is -0.301. The highest BCUT2D eigenvalue weighted by molar-refractivity contribution is 5.71. The van der Waals surface area contributed by atoms with Crippen LogP contribution in [0.4, 0.5) is 0 Å². The van der Waals surface area contributed by atoms with Gasteiger partial charge in [0.2, 0.25) is 5.82 Å². The minimum atomic E-state index is -1.03. The number of aryl methyl sites for hydroxylation is 1. The van der Waals surface area contributed by atoms with Crippen molar-refractivity contribution >= 4 is 5.97 Å². The van der Waals surface area contributed by atoms with Crippen LogP contribution in [-0.4, -0.2) is 27.3 Å². The molecule has 19 heavy (non-hydrogen) atoms. The molecule has 0 saturated carbocycles. The van der Waals surface area contributed by atoms with E-state index < -0.39 is 12.1 Å². The third-order valence-corrected chi connectivity index (χ3v) is 2.66. The van der Waals surface area contributed by atoms with Gasteiger partial charge in [-0.05, 0) is 19.4 Å². The first kappa shape index (κ1) is 13.2. The second-order valence-corrected chi connectivity index (χ2v) is 4.12. The summed E-state index contributed by atoms with van der Waals surface area (Å²) in [6.07, 6.45) is -0.909. The molecule has 6 nitrogen and oxygen atoms in total. The van der Waals surface area contributed by atoms with Gasteiger partial charge >= 0.3 is 5.97 Å². The third-order valence-electron chi connectivity index (χ3n) is 2.66. The first-order valence-electron chi connectivity index (χ1n) is 5.81. The highest BCUT2D eigenvalue weighted by Crippen LogP contribution is 2.19. The molecule has 100 valence electrons. The van der Waals surface area contributed by atoms with Gasteiger partial charge < -0.3 is 14.4 Å². The van der Waals surface area contributed by atoms with Crippen molar-refractivity contribution in [2.45, 2.75) is 26.6 Å². The Hall–Kier alpha value is -2.21. The van der Waals surface area contributed by atoms with Crippen molar-refractivity contribution in [3.8, 4) is 11.4 Å². The predicted octanol–water partition coefficient (Wildman–Crippen LogP) is 2.03. The Morgan fingerprint density at radius 1 is 1.47 bits per heavy atom. The normalized spacial score (nSPS) is 12.3. The van der Waals surface area contributed by atoms with Gasteiger partial charge in [0.05, 0.1) is 0 Å². The van der Waals surface area contributed by atoms with Crippen molar-refractivity contribution in [1.82, 2.24) is 10.1 Å². The van der Waals surface area contributed by atoms with Crippen LogP contribution in [0.15, 0.2) is 28.8 Å². The lowest BCUT2D eigenvalue weighted by Gasteiger charge is -2.04. The van der Waals surface area contributed by atoms with Gasteiger partial charge in [-0.1, -0.05) is 29.4 Å². The molecule has 0 saturated heterocycles. The van der Waals surface area contributed by atoms with Gasteiger partial charge in [-0.25, -0.2) is 4.79 Å². The zero-order valence-electron chi connectivity index (χ0n) is 10.7. The fraction of sp³-hybridized carbons (Fsp3) is 0.308. The number of hydrogen-bond donors (Lipinski definition) is 1. The van der Waals surface area contributed by atoms with Gasteiger partial charge in [-0.3, -0.25) is 0 Å². The van der Waals surface area contributed by atoms with Crippen molar-refractivity contribution in [3.63, 3.8) is 0 Å². The average Bonchev–Trinajstić information content (AvgIpc) is 2.85. The fourth-order valence-corrected chi connectivity index (χ4v) is 1.51. The summed E-state index contributed by atoms with van der Waals surface area (Å²) in [6.45, 7) is 3.38. The molecule has 1 unspecified atom stereocenters. The molecule has 0 spiro atoms. The molecule has 2 rings (SSSR count). The van der Waals surface area contributed by atoms with Crippen LogP contribution in [0.3, 0.4) is 0 Å². The second kappa shape index (κ2) is 5.62. The second-order valence-electron chi connectivity index (χ2n) is 4.12. The topological polar surface area (TPSA) is 85.5 Å². The maximum absolute atomic E-state index is 10.6. The van der Waals surface area contributed by atoms with Gasteiger partial charge in [0.1, 0.15) is 6.61 Å². The Kier molecular flexibility index (Phi) is 3.91. The number of carbonyl (C=O) groups is 1. The van der Waals surface area contributed by atoms with Crippen molar-refractivity contribution < 1.29 is 19.2 Å². The van der Waals surface area contributed by atoms with Gasteiger partial charge in [0.25, 0.3) is 5.89 Å². The lowest BCUT2D eigenvalue weighted by atomic mass is 10.1. The number of hydrogen-bond acceptors (Lipinski definition) is 5. The number of carboxylic acid groups (broad SMARTS) is 1. The van der Waals surface area contributed by atoms with Crippen molar-refractivity contribution in [2.75, 3.05) is 0 Å². The first-order valence-corrected chi connectivity index (χ1v) is 5.81. The molecule has 1 heterocycles. The van der Waals surface area contributed by atoms with Crippen LogP contribution < -0.4 is 0 Å². The van der Waals surface area contributed by atoms with Crippen LogP contribution in [0.2, 0.25) is 0 Å². The van der Waals surface area contributed by atoms with Crippen molar-refractivity contribution in [1.29, 1.82) is 0 Å². The summed E-state index contributed by atoms with van der Waals surface area (Å²) >= 11 is 0. The summed E-state index contributed by atoms with van der Waals surface area (Å²) in [7, 11) is 0. The fourth-order valence-electron chi connectivity index (χ4n) is 1.51. The predicted molar refractivity (Wildman–Crippen MR) is 66.4 cm³/mol. The minimum Gasteiger partial charge on any atom is -0.479 e. The molecule has 6 heteroatoms. The Morgan fingerprint density at radius 3 is 2.89 bits per heavy atom. The summed E-state index contributed by atoms with van der Waals surface area (Å²) in [6, 6.07) is 7.66. The van der Waals surface area contributed by atoms with Gasteiger partial charge in [-0.2, -0.15) is 4.98 Å². The molecule has 1 N–H and O–H groups in total.